The number of aromatic amines is 1. The van der Waals surface area contributed by atoms with E-state index in [1.807, 2.05) is 36.4 Å². The highest BCUT2D eigenvalue weighted by molar-refractivity contribution is 6.00. The van der Waals surface area contributed by atoms with Gasteiger partial charge in [0.25, 0.3) is 5.91 Å². The SMILES string of the molecule is COc1ccccc1-c1cc(C(=O)N/N=C(\C)c2ccc(N)cc2)[nH]n1. The van der Waals surface area contributed by atoms with Crippen molar-refractivity contribution in [3.05, 3.63) is 65.9 Å². The van der Waals surface area contributed by atoms with Crippen molar-refractivity contribution in [2.24, 2.45) is 5.10 Å². The van der Waals surface area contributed by atoms with Crippen molar-refractivity contribution in [1.82, 2.24) is 15.6 Å². The summed E-state index contributed by atoms with van der Waals surface area (Å²) < 4.78 is 5.32. The summed E-state index contributed by atoms with van der Waals surface area (Å²) in [5.41, 5.74) is 12.1. The standard InChI is InChI=1S/C19H19N5O2/c1-12(13-7-9-14(20)10-8-13)21-24-19(25)17-11-16(22-23-17)15-5-3-4-6-18(15)26-2/h3-11H,20H2,1-2H3,(H,22,23)(H,24,25)/b21-12+. The number of hydrogen-bond acceptors (Lipinski definition) is 5. The van der Waals surface area contributed by atoms with Crippen LogP contribution in [0.2, 0.25) is 0 Å². The number of nitrogens with zero attached hydrogens (tertiary/aromatic N) is 2. The van der Waals surface area contributed by atoms with Crippen molar-refractivity contribution in [3.8, 4) is 17.0 Å². The fourth-order valence-corrected chi connectivity index (χ4v) is 2.42. The second-order valence-electron chi connectivity index (χ2n) is 5.63. The van der Waals surface area contributed by atoms with Crippen LogP contribution in [0.4, 0.5) is 5.69 Å². The molecule has 3 aromatic rings. The Labute approximate surface area is 150 Å². The highest BCUT2D eigenvalue weighted by atomic mass is 16.5. The number of benzene rings is 2. The van der Waals surface area contributed by atoms with Gasteiger partial charge in [-0.2, -0.15) is 10.2 Å². The molecule has 0 aliphatic carbocycles. The van der Waals surface area contributed by atoms with Crippen LogP contribution in [0, 0.1) is 0 Å². The van der Waals surface area contributed by atoms with Crippen LogP contribution in [0.25, 0.3) is 11.3 Å². The Kier molecular flexibility index (Phi) is 4.98. The molecule has 0 saturated carbocycles. The number of carbonyl (C=O) groups is 1. The first-order valence-electron chi connectivity index (χ1n) is 7.98. The molecule has 7 nitrogen and oxygen atoms in total. The molecule has 1 heterocycles. The van der Waals surface area contributed by atoms with Gasteiger partial charge in [-0.15, -0.1) is 0 Å². The maximum atomic E-state index is 12.3. The van der Waals surface area contributed by atoms with Crippen LogP contribution >= 0.6 is 0 Å². The lowest BCUT2D eigenvalue weighted by atomic mass is 10.1. The monoisotopic (exact) mass is 349 g/mol. The average Bonchev–Trinajstić information content (AvgIpc) is 3.16. The van der Waals surface area contributed by atoms with Gasteiger partial charge in [0.05, 0.1) is 18.5 Å². The number of H-pyrrole nitrogens is 1. The zero-order chi connectivity index (χ0) is 18.5. The number of hydrazone groups is 1. The van der Waals surface area contributed by atoms with Gasteiger partial charge in [0, 0.05) is 11.3 Å². The number of para-hydroxylation sites is 1. The summed E-state index contributed by atoms with van der Waals surface area (Å²) >= 11 is 0. The molecular formula is C19H19N5O2. The van der Waals surface area contributed by atoms with Crippen molar-refractivity contribution >= 4 is 17.3 Å². The zero-order valence-electron chi connectivity index (χ0n) is 14.5. The summed E-state index contributed by atoms with van der Waals surface area (Å²) in [5, 5.41) is 11.0. The van der Waals surface area contributed by atoms with Crippen molar-refractivity contribution in [2.75, 3.05) is 12.8 Å². The summed E-state index contributed by atoms with van der Waals surface area (Å²) in [6, 6.07) is 16.4. The topological polar surface area (TPSA) is 105 Å². The Morgan fingerprint density at radius 2 is 1.92 bits per heavy atom. The van der Waals surface area contributed by atoms with Crippen LogP contribution in [-0.4, -0.2) is 28.9 Å². The molecule has 1 amide bonds. The van der Waals surface area contributed by atoms with Crippen LogP contribution in [0.1, 0.15) is 23.0 Å². The number of aromatic nitrogens is 2. The molecule has 0 aliphatic rings. The maximum Gasteiger partial charge on any atom is 0.289 e. The molecule has 0 atom stereocenters. The van der Waals surface area contributed by atoms with Gasteiger partial charge >= 0.3 is 0 Å². The Morgan fingerprint density at radius 1 is 1.19 bits per heavy atom. The molecular weight excluding hydrogens is 330 g/mol. The highest BCUT2D eigenvalue weighted by Crippen LogP contribution is 2.28. The Hall–Kier alpha value is -3.61. The van der Waals surface area contributed by atoms with E-state index < -0.39 is 0 Å². The van der Waals surface area contributed by atoms with Crippen molar-refractivity contribution in [3.63, 3.8) is 0 Å². The van der Waals surface area contributed by atoms with Crippen LogP contribution < -0.4 is 15.9 Å². The largest absolute Gasteiger partial charge is 0.496 e. The summed E-state index contributed by atoms with van der Waals surface area (Å²) in [6.07, 6.45) is 0. The fourth-order valence-electron chi connectivity index (χ4n) is 2.42. The predicted molar refractivity (Wildman–Crippen MR) is 101 cm³/mol. The number of nitrogens with one attached hydrogen (secondary N) is 2. The summed E-state index contributed by atoms with van der Waals surface area (Å²) in [4.78, 5) is 12.3. The van der Waals surface area contributed by atoms with Gasteiger partial charge in [-0.25, -0.2) is 5.43 Å². The van der Waals surface area contributed by atoms with Crippen LogP contribution in [-0.2, 0) is 0 Å². The average molecular weight is 349 g/mol. The van der Waals surface area contributed by atoms with Gasteiger partial charge in [0.15, 0.2) is 0 Å². The first-order valence-corrected chi connectivity index (χ1v) is 7.98. The maximum absolute atomic E-state index is 12.3. The van der Waals surface area contributed by atoms with E-state index in [1.165, 1.54) is 0 Å². The van der Waals surface area contributed by atoms with E-state index in [0.29, 0.717) is 28.5 Å². The van der Waals surface area contributed by atoms with Gasteiger partial charge in [0.1, 0.15) is 11.4 Å². The molecule has 7 heteroatoms. The van der Waals surface area contributed by atoms with E-state index in [1.54, 1.807) is 32.2 Å². The molecule has 4 N–H and O–H groups in total. The fraction of sp³-hybridized carbons (Fsp3) is 0.105. The first kappa shape index (κ1) is 17.2. The van der Waals surface area contributed by atoms with Crippen molar-refractivity contribution in [1.29, 1.82) is 0 Å². The molecule has 0 unspecified atom stereocenters. The summed E-state index contributed by atoms with van der Waals surface area (Å²) in [7, 11) is 1.59. The number of nitrogen functional groups attached to an aromatic ring is 1. The number of amides is 1. The van der Waals surface area contributed by atoms with E-state index in [9.17, 15) is 4.79 Å². The van der Waals surface area contributed by atoms with E-state index >= 15 is 0 Å². The van der Waals surface area contributed by atoms with Crippen molar-refractivity contribution < 1.29 is 9.53 Å². The number of anilines is 1. The third-order valence-corrected chi connectivity index (χ3v) is 3.86. The molecule has 26 heavy (non-hydrogen) atoms. The second kappa shape index (κ2) is 7.52. The molecule has 2 aromatic carbocycles. The number of nitrogens with two attached hydrogens (primary N) is 1. The van der Waals surface area contributed by atoms with Gasteiger partial charge in [-0.3, -0.25) is 9.89 Å². The molecule has 0 spiro atoms. The second-order valence-corrected chi connectivity index (χ2v) is 5.63. The van der Waals surface area contributed by atoms with E-state index in [0.717, 1.165) is 11.1 Å². The van der Waals surface area contributed by atoms with Crippen LogP contribution in [0.3, 0.4) is 0 Å². The van der Waals surface area contributed by atoms with Crippen LogP contribution in [0.15, 0.2) is 59.7 Å². The van der Waals surface area contributed by atoms with E-state index in [-0.39, 0.29) is 5.91 Å². The molecule has 0 saturated heterocycles. The molecule has 0 aliphatic heterocycles. The number of hydrogen-bond donors (Lipinski definition) is 3. The van der Waals surface area contributed by atoms with Gasteiger partial charge in [-0.05, 0) is 42.8 Å². The summed E-state index contributed by atoms with van der Waals surface area (Å²) in [6.45, 7) is 1.80. The Morgan fingerprint density at radius 3 is 2.65 bits per heavy atom. The van der Waals surface area contributed by atoms with Crippen LogP contribution in [0.5, 0.6) is 5.75 Å². The summed E-state index contributed by atoms with van der Waals surface area (Å²) in [5.74, 6) is 0.302. The molecule has 0 fully saturated rings. The van der Waals surface area contributed by atoms with E-state index in [2.05, 4.69) is 20.7 Å². The minimum atomic E-state index is -0.381. The lowest BCUT2D eigenvalue weighted by molar-refractivity contribution is 0.0950. The highest BCUT2D eigenvalue weighted by Gasteiger charge is 2.13. The minimum Gasteiger partial charge on any atom is -0.496 e. The normalized spacial score (nSPS) is 11.2. The number of ether oxygens (including phenoxy) is 1. The van der Waals surface area contributed by atoms with Gasteiger partial charge in [-0.1, -0.05) is 24.3 Å². The predicted octanol–water partition coefficient (Wildman–Crippen LogP) is 2.82. The molecule has 0 radical (unpaired) electrons. The Bertz CT molecular complexity index is 945. The number of rotatable bonds is 5. The molecule has 1 aromatic heterocycles. The number of carbonyl (C=O) groups excluding carboxylic acids is 1. The lowest BCUT2D eigenvalue weighted by Gasteiger charge is -2.04. The first-order chi connectivity index (χ1) is 12.6. The van der Waals surface area contributed by atoms with Gasteiger partial charge in [0.2, 0.25) is 0 Å². The molecule has 3 rings (SSSR count). The number of methoxy groups -OCH3 is 1. The Balaban J connectivity index is 1.74. The third kappa shape index (κ3) is 3.72. The third-order valence-electron chi connectivity index (χ3n) is 3.86. The quantitative estimate of drug-likeness (QED) is 0.374. The zero-order valence-corrected chi connectivity index (χ0v) is 14.5. The smallest absolute Gasteiger partial charge is 0.289 e. The molecule has 0 bridgehead atoms. The molecule has 132 valence electrons. The van der Waals surface area contributed by atoms with Gasteiger partial charge < -0.3 is 10.5 Å². The van der Waals surface area contributed by atoms with E-state index in [4.69, 9.17) is 10.5 Å². The minimum absolute atomic E-state index is 0.305. The lowest BCUT2D eigenvalue weighted by Crippen LogP contribution is -2.19. The van der Waals surface area contributed by atoms with Crippen molar-refractivity contribution in [2.45, 2.75) is 6.92 Å².